The van der Waals surface area contributed by atoms with Crippen LogP contribution in [0.2, 0.25) is 0 Å². The molecule has 2 N–H and O–H groups in total. The van der Waals surface area contributed by atoms with Gasteiger partial charge in [-0.1, -0.05) is 0 Å². The van der Waals surface area contributed by atoms with Gasteiger partial charge in [-0.25, -0.2) is 4.98 Å². The van der Waals surface area contributed by atoms with E-state index in [1.54, 1.807) is 0 Å². The van der Waals surface area contributed by atoms with Crippen molar-refractivity contribution >= 4 is 11.3 Å². The van der Waals surface area contributed by atoms with E-state index in [1.165, 1.54) is 47.9 Å². The van der Waals surface area contributed by atoms with Gasteiger partial charge in [0.1, 0.15) is 0 Å². The Morgan fingerprint density at radius 2 is 2.35 bits per heavy atom. The second-order valence-corrected chi connectivity index (χ2v) is 6.21. The molecule has 0 aliphatic carbocycles. The SMILES string of the molecule is Cc1nc(C)c(CNCCC2CCCNC2)s1. The maximum Gasteiger partial charge on any atom is 0.0900 e. The molecule has 4 heteroatoms. The summed E-state index contributed by atoms with van der Waals surface area (Å²) in [6.07, 6.45) is 4.04. The van der Waals surface area contributed by atoms with E-state index in [0.29, 0.717) is 0 Å². The molecule has 0 saturated carbocycles. The Bertz CT molecular complexity index is 342. The van der Waals surface area contributed by atoms with Gasteiger partial charge in [-0.2, -0.15) is 0 Å². The van der Waals surface area contributed by atoms with Gasteiger partial charge in [0.25, 0.3) is 0 Å². The molecule has 1 aliphatic rings. The van der Waals surface area contributed by atoms with Crippen molar-refractivity contribution in [3.8, 4) is 0 Å². The van der Waals surface area contributed by atoms with Gasteiger partial charge < -0.3 is 10.6 Å². The standard InChI is InChI=1S/C13H23N3S/c1-10-13(17-11(2)16-10)9-15-7-5-12-4-3-6-14-8-12/h12,14-15H,3-9H2,1-2H3. The molecule has 3 nitrogen and oxygen atoms in total. The van der Waals surface area contributed by atoms with Crippen LogP contribution in [-0.4, -0.2) is 24.6 Å². The van der Waals surface area contributed by atoms with Crippen LogP contribution < -0.4 is 10.6 Å². The van der Waals surface area contributed by atoms with Crippen LogP contribution in [0.3, 0.4) is 0 Å². The highest BCUT2D eigenvalue weighted by Gasteiger charge is 2.12. The first-order chi connectivity index (χ1) is 8.25. The van der Waals surface area contributed by atoms with E-state index in [1.807, 2.05) is 11.3 Å². The van der Waals surface area contributed by atoms with E-state index in [-0.39, 0.29) is 0 Å². The number of aromatic nitrogens is 1. The van der Waals surface area contributed by atoms with Crippen molar-refractivity contribution < 1.29 is 0 Å². The fourth-order valence-corrected chi connectivity index (χ4v) is 3.32. The summed E-state index contributed by atoms with van der Waals surface area (Å²) in [7, 11) is 0. The van der Waals surface area contributed by atoms with Crippen molar-refractivity contribution in [2.24, 2.45) is 5.92 Å². The summed E-state index contributed by atoms with van der Waals surface area (Å²) in [5, 5.41) is 8.19. The number of rotatable bonds is 5. The third kappa shape index (κ3) is 4.05. The Morgan fingerprint density at radius 1 is 1.47 bits per heavy atom. The monoisotopic (exact) mass is 253 g/mol. The topological polar surface area (TPSA) is 37.0 Å². The number of thiazole rings is 1. The van der Waals surface area contributed by atoms with Crippen molar-refractivity contribution in [3.05, 3.63) is 15.6 Å². The minimum Gasteiger partial charge on any atom is -0.316 e. The molecular weight excluding hydrogens is 230 g/mol. The molecule has 1 aliphatic heterocycles. The molecule has 96 valence electrons. The van der Waals surface area contributed by atoms with E-state index < -0.39 is 0 Å². The molecule has 0 radical (unpaired) electrons. The summed E-state index contributed by atoms with van der Waals surface area (Å²) in [4.78, 5) is 5.84. The summed E-state index contributed by atoms with van der Waals surface area (Å²) < 4.78 is 0. The van der Waals surface area contributed by atoms with Gasteiger partial charge in [0.15, 0.2) is 0 Å². The zero-order valence-corrected chi connectivity index (χ0v) is 11.7. The fourth-order valence-electron chi connectivity index (χ4n) is 2.42. The van der Waals surface area contributed by atoms with E-state index in [0.717, 1.165) is 19.0 Å². The maximum atomic E-state index is 4.45. The predicted molar refractivity (Wildman–Crippen MR) is 73.5 cm³/mol. The highest BCUT2D eigenvalue weighted by atomic mass is 32.1. The van der Waals surface area contributed by atoms with E-state index in [9.17, 15) is 0 Å². The Labute approximate surface area is 108 Å². The van der Waals surface area contributed by atoms with Crippen LogP contribution in [0, 0.1) is 19.8 Å². The third-order valence-corrected chi connectivity index (χ3v) is 4.49. The quantitative estimate of drug-likeness (QED) is 0.790. The van der Waals surface area contributed by atoms with Gasteiger partial charge in [0.05, 0.1) is 10.7 Å². The molecule has 2 heterocycles. The number of hydrogen-bond donors (Lipinski definition) is 2. The zero-order chi connectivity index (χ0) is 12.1. The van der Waals surface area contributed by atoms with Crippen LogP contribution in [0.15, 0.2) is 0 Å². The molecule has 1 unspecified atom stereocenters. The predicted octanol–water partition coefficient (Wildman–Crippen LogP) is 2.24. The molecule has 0 amide bonds. The number of nitrogens with zero attached hydrogens (tertiary/aromatic N) is 1. The number of aryl methyl sites for hydroxylation is 2. The Morgan fingerprint density at radius 3 is 3.00 bits per heavy atom. The normalized spacial score (nSPS) is 20.7. The van der Waals surface area contributed by atoms with Gasteiger partial charge in [0, 0.05) is 11.4 Å². The van der Waals surface area contributed by atoms with E-state index in [2.05, 4.69) is 29.5 Å². The summed E-state index contributed by atoms with van der Waals surface area (Å²) in [5.74, 6) is 0.876. The molecule has 2 rings (SSSR count). The minimum absolute atomic E-state index is 0.876. The molecule has 0 aromatic carbocycles. The van der Waals surface area contributed by atoms with Crippen LogP contribution in [-0.2, 0) is 6.54 Å². The highest BCUT2D eigenvalue weighted by molar-refractivity contribution is 7.11. The van der Waals surface area contributed by atoms with Crippen molar-refractivity contribution in [1.29, 1.82) is 0 Å². The number of hydrogen-bond acceptors (Lipinski definition) is 4. The average Bonchev–Trinajstić information content (AvgIpc) is 2.65. The molecule has 1 atom stereocenters. The molecule has 1 fully saturated rings. The zero-order valence-electron chi connectivity index (χ0n) is 10.9. The lowest BCUT2D eigenvalue weighted by molar-refractivity contribution is 0.352. The molecule has 17 heavy (non-hydrogen) atoms. The Balaban J connectivity index is 1.64. The summed E-state index contributed by atoms with van der Waals surface area (Å²) in [5.41, 5.74) is 1.19. The third-order valence-electron chi connectivity index (χ3n) is 3.41. The van der Waals surface area contributed by atoms with Crippen LogP contribution in [0.25, 0.3) is 0 Å². The van der Waals surface area contributed by atoms with Crippen LogP contribution in [0.5, 0.6) is 0 Å². The van der Waals surface area contributed by atoms with Gasteiger partial charge in [-0.3, -0.25) is 0 Å². The minimum atomic E-state index is 0.876. The van der Waals surface area contributed by atoms with Crippen LogP contribution in [0.1, 0.15) is 34.8 Å². The van der Waals surface area contributed by atoms with Crippen molar-refractivity contribution in [1.82, 2.24) is 15.6 Å². The molecule has 1 aromatic rings. The molecule has 1 saturated heterocycles. The summed E-state index contributed by atoms with van der Waals surface area (Å²) in [6, 6.07) is 0. The Hall–Kier alpha value is -0.450. The van der Waals surface area contributed by atoms with Gasteiger partial charge in [0.2, 0.25) is 0 Å². The lowest BCUT2D eigenvalue weighted by Gasteiger charge is -2.22. The van der Waals surface area contributed by atoms with Gasteiger partial charge in [-0.05, 0) is 58.7 Å². The second kappa shape index (κ2) is 6.47. The fraction of sp³-hybridized carbons (Fsp3) is 0.769. The first-order valence-electron chi connectivity index (χ1n) is 6.60. The number of nitrogens with one attached hydrogen (secondary N) is 2. The molecule has 1 aromatic heterocycles. The van der Waals surface area contributed by atoms with Crippen LogP contribution >= 0.6 is 11.3 Å². The van der Waals surface area contributed by atoms with E-state index >= 15 is 0 Å². The average molecular weight is 253 g/mol. The van der Waals surface area contributed by atoms with Gasteiger partial charge >= 0.3 is 0 Å². The van der Waals surface area contributed by atoms with Crippen LogP contribution in [0.4, 0.5) is 0 Å². The largest absolute Gasteiger partial charge is 0.316 e. The molecule has 0 spiro atoms. The van der Waals surface area contributed by atoms with Crippen molar-refractivity contribution in [3.63, 3.8) is 0 Å². The van der Waals surface area contributed by atoms with Crippen molar-refractivity contribution in [2.75, 3.05) is 19.6 Å². The number of piperidine rings is 1. The lowest BCUT2D eigenvalue weighted by atomic mass is 9.96. The van der Waals surface area contributed by atoms with Crippen molar-refractivity contribution in [2.45, 2.75) is 39.7 Å². The molecule has 0 bridgehead atoms. The lowest BCUT2D eigenvalue weighted by Crippen LogP contribution is -2.31. The molecular formula is C13H23N3S. The summed E-state index contributed by atoms with van der Waals surface area (Å²) >= 11 is 1.81. The first-order valence-corrected chi connectivity index (χ1v) is 7.41. The highest BCUT2D eigenvalue weighted by Crippen LogP contribution is 2.17. The second-order valence-electron chi connectivity index (χ2n) is 4.92. The van der Waals surface area contributed by atoms with Gasteiger partial charge in [-0.15, -0.1) is 11.3 Å². The Kier molecular flexibility index (Phi) is 4.95. The first kappa shape index (κ1) is 13.0. The smallest absolute Gasteiger partial charge is 0.0900 e. The summed E-state index contributed by atoms with van der Waals surface area (Å²) in [6.45, 7) is 8.71. The maximum absolute atomic E-state index is 4.45. The van der Waals surface area contributed by atoms with E-state index in [4.69, 9.17) is 0 Å².